The van der Waals surface area contributed by atoms with Crippen LogP contribution in [-0.2, 0) is 27.1 Å². The molecule has 0 N–H and O–H groups in total. The van der Waals surface area contributed by atoms with Crippen molar-refractivity contribution in [3.05, 3.63) is 196 Å². The molecule has 0 aliphatic heterocycles. The standard InChI is InChI=1S/C60H59N/c1-38-30-31-50-54(59(8,9)35-33-57(50,4)5)55(38)61(39-20-11-10-12-21-39)52-37-51-44(36-45(52)43-25-19-29-49-53(43)58(6,7)34-32-56(49,2)3)42-24-15-18-28-48(42)60(51)46-26-16-13-22-40(46)41-23-14-17-27-47(41)60/h10-31,36-37H,32-35H2,1-9H3. The van der Waals surface area contributed by atoms with Crippen LogP contribution >= 0.6 is 0 Å². The summed E-state index contributed by atoms with van der Waals surface area (Å²) in [7, 11) is 0. The third-order valence-corrected chi connectivity index (χ3v) is 15.9. The highest BCUT2D eigenvalue weighted by molar-refractivity contribution is 6.01. The lowest BCUT2D eigenvalue weighted by atomic mass is 9.61. The minimum Gasteiger partial charge on any atom is -0.309 e. The Kier molecular flexibility index (Phi) is 8.11. The summed E-state index contributed by atoms with van der Waals surface area (Å²) in [5.74, 6) is 0. The van der Waals surface area contributed by atoms with E-state index in [1.807, 2.05) is 0 Å². The summed E-state index contributed by atoms with van der Waals surface area (Å²) >= 11 is 0. The van der Waals surface area contributed by atoms with Gasteiger partial charge in [-0.15, -0.1) is 0 Å². The highest BCUT2D eigenvalue weighted by atomic mass is 15.2. The molecule has 0 saturated heterocycles. The molecule has 0 bridgehead atoms. The van der Waals surface area contributed by atoms with Gasteiger partial charge >= 0.3 is 0 Å². The second-order valence-electron chi connectivity index (χ2n) is 21.4. The van der Waals surface area contributed by atoms with E-state index in [-0.39, 0.29) is 21.7 Å². The molecule has 1 nitrogen and oxygen atoms in total. The van der Waals surface area contributed by atoms with E-state index >= 15 is 0 Å². The molecule has 61 heavy (non-hydrogen) atoms. The summed E-state index contributed by atoms with van der Waals surface area (Å²) < 4.78 is 0. The Bertz CT molecular complexity index is 2890. The van der Waals surface area contributed by atoms with E-state index in [9.17, 15) is 0 Å². The van der Waals surface area contributed by atoms with Crippen LogP contribution in [-0.4, -0.2) is 0 Å². The molecule has 7 aromatic carbocycles. The Balaban J connectivity index is 1.34. The van der Waals surface area contributed by atoms with Crippen molar-refractivity contribution >= 4 is 17.1 Å². The number of rotatable bonds is 4. The number of hydrogen-bond acceptors (Lipinski definition) is 1. The van der Waals surface area contributed by atoms with Gasteiger partial charge in [-0.05, 0) is 156 Å². The Morgan fingerprint density at radius 2 is 0.820 bits per heavy atom. The lowest BCUT2D eigenvalue weighted by Gasteiger charge is -2.46. The SMILES string of the molecule is Cc1ccc2c(c1N(c1ccccc1)c1cc3c(cc1-c1cccc4c1C(C)(C)CCC4(C)C)-c1ccccc1C31c3ccccc3-c3ccccc31)C(C)(C)CCC2(C)C. The van der Waals surface area contributed by atoms with Gasteiger partial charge in [-0.3, -0.25) is 0 Å². The second kappa shape index (κ2) is 12.9. The fourth-order valence-corrected chi connectivity index (χ4v) is 12.6. The molecule has 0 heterocycles. The van der Waals surface area contributed by atoms with Crippen molar-refractivity contribution in [2.24, 2.45) is 0 Å². The van der Waals surface area contributed by atoms with Crippen LogP contribution in [0.4, 0.5) is 17.1 Å². The number of hydrogen-bond donors (Lipinski definition) is 0. The molecule has 0 radical (unpaired) electrons. The van der Waals surface area contributed by atoms with Crippen molar-refractivity contribution in [1.82, 2.24) is 0 Å². The minimum atomic E-state index is -0.460. The second-order valence-corrected chi connectivity index (χ2v) is 21.4. The van der Waals surface area contributed by atoms with Crippen molar-refractivity contribution < 1.29 is 0 Å². The number of benzene rings is 7. The van der Waals surface area contributed by atoms with Gasteiger partial charge in [-0.1, -0.05) is 177 Å². The predicted molar refractivity (Wildman–Crippen MR) is 258 cm³/mol. The van der Waals surface area contributed by atoms with Crippen LogP contribution in [0.3, 0.4) is 0 Å². The molecule has 0 unspecified atom stereocenters. The molecule has 0 fully saturated rings. The van der Waals surface area contributed by atoms with Crippen molar-refractivity contribution in [1.29, 1.82) is 0 Å². The summed E-state index contributed by atoms with van der Waals surface area (Å²) in [5.41, 5.74) is 24.3. The minimum absolute atomic E-state index is 0.00557. The zero-order chi connectivity index (χ0) is 42.3. The molecule has 4 aliphatic carbocycles. The number of fused-ring (bicyclic) bond motifs is 12. The van der Waals surface area contributed by atoms with Crippen LogP contribution in [0.25, 0.3) is 33.4 Å². The Labute approximate surface area is 364 Å². The fourth-order valence-electron chi connectivity index (χ4n) is 12.6. The van der Waals surface area contributed by atoms with Crippen molar-refractivity contribution in [3.8, 4) is 33.4 Å². The Morgan fingerprint density at radius 3 is 1.41 bits per heavy atom. The van der Waals surface area contributed by atoms with Crippen LogP contribution in [0, 0.1) is 6.92 Å². The molecule has 0 amide bonds. The number of anilines is 3. The third kappa shape index (κ3) is 5.25. The smallest absolute Gasteiger partial charge is 0.0726 e. The summed E-state index contributed by atoms with van der Waals surface area (Å²) in [6, 6.07) is 56.5. The zero-order valence-corrected chi connectivity index (χ0v) is 37.6. The fraction of sp³-hybridized carbons (Fsp3) is 0.300. The molecule has 4 aliphatic rings. The summed E-state index contributed by atoms with van der Waals surface area (Å²) in [4.78, 5) is 2.71. The molecule has 7 aromatic rings. The van der Waals surface area contributed by atoms with Crippen LogP contribution in [0.5, 0.6) is 0 Å². The first-order chi connectivity index (χ1) is 29.2. The van der Waals surface area contributed by atoms with E-state index in [0.717, 1.165) is 12.8 Å². The average molecular weight is 794 g/mol. The zero-order valence-electron chi connectivity index (χ0n) is 37.6. The van der Waals surface area contributed by atoms with Crippen LogP contribution in [0.2, 0.25) is 0 Å². The van der Waals surface area contributed by atoms with Gasteiger partial charge in [0, 0.05) is 11.3 Å². The molecular formula is C60H59N. The quantitative estimate of drug-likeness (QED) is 0.172. The lowest BCUT2D eigenvalue weighted by molar-refractivity contribution is 0.332. The average Bonchev–Trinajstić information content (AvgIpc) is 3.71. The van der Waals surface area contributed by atoms with Crippen LogP contribution in [0.1, 0.15) is 131 Å². The molecule has 0 aromatic heterocycles. The van der Waals surface area contributed by atoms with Gasteiger partial charge in [-0.2, -0.15) is 0 Å². The monoisotopic (exact) mass is 793 g/mol. The molecule has 1 heteroatoms. The van der Waals surface area contributed by atoms with Gasteiger partial charge in [0.2, 0.25) is 0 Å². The van der Waals surface area contributed by atoms with Gasteiger partial charge < -0.3 is 4.90 Å². The topological polar surface area (TPSA) is 3.24 Å². The van der Waals surface area contributed by atoms with Crippen LogP contribution < -0.4 is 4.90 Å². The number of para-hydroxylation sites is 1. The molecule has 1 spiro atoms. The molecule has 304 valence electrons. The maximum Gasteiger partial charge on any atom is 0.0726 e. The van der Waals surface area contributed by atoms with Crippen molar-refractivity contribution in [2.75, 3.05) is 4.90 Å². The van der Waals surface area contributed by atoms with Gasteiger partial charge in [-0.25, -0.2) is 0 Å². The van der Waals surface area contributed by atoms with E-state index in [1.54, 1.807) is 0 Å². The number of aryl methyl sites for hydroxylation is 1. The summed E-state index contributed by atoms with van der Waals surface area (Å²) in [5, 5.41) is 0. The highest BCUT2D eigenvalue weighted by Gasteiger charge is 2.52. The van der Waals surface area contributed by atoms with E-state index in [0.29, 0.717) is 0 Å². The normalized spacial score (nSPS) is 18.6. The number of nitrogens with zero attached hydrogens (tertiary/aromatic N) is 1. The van der Waals surface area contributed by atoms with E-state index in [4.69, 9.17) is 0 Å². The van der Waals surface area contributed by atoms with Gasteiger partial charge in [0.05, 0.1) is 16.8 Å². The van der Waals surface area contributed by atoms with Gasteiger partial charge in [0.1, 0.15) is 0 Å². The summed E-state index contributed by atoms with van der Waals surface area (Å²) in [6.07, 6.45) is 4.65. The Hall–Kier alpha value is -5.66. The third-order valence-electron chi connectivity index (χ3n) is 15.9. The van der Waals surface area contributed by atoms with Crippen LogP contribution in [0.15, 0.2) is 146 Å². The van der Waals surface area contributed by atoms with E-state index in [2.05, 4.69) is 213 Å². The van der Waals surface area contributed by atoms with E-state index in [1.165, 1.54) is 113 Å². The first-order valence-electron chi connectivity index (χ1n) is 22.8. The first-order valence-corrected chi connectivity index (χ1v) is 22.8. The van der Waals surface area contributed by atoms with Gasteiger partial charge in [0.25, 0.3) is 0 Å². The highest BCUT2D eigenvalue weighted by Crippen LogP contribution is 2.65. The lowest BCUT2D eigenvalue weighted by Crippen LogP contribution is -2.36. The van der Waals surface area contributed by atoms with Gasteiger partial charge in [0.15, 0.2) is 0 Å². The maximum atomic E-state index is 2.71. The summed E-state index contributed by atoms with van der Waals surface area (Å²) in [6.45, 7) is 22.2. The largest absolute Gasteiger partial charge is 0.309 e. The Morgan fingerprint density at radius 1 is 0.361 bits per heavy atom. The predicted octanol–water partition coefficient (Wildman–Crippen LogP) is 16.2. The molecular weight excluding hydrogens is 735 g/mol. The van der Waals surface area contributed by atoms with Crippen molar-refractivity contribution in [2.45, 2.75) is 115 Å². The first kappa shape index (κ1) is 38.3. The molecule has 0 saturated carbocycles. The van der Waals surface area contributed by atoms with Crippen molar-refractivity contribution in [3.63, 3.8) is 0 Å². The molecule has 0 atom stereocenters. The van der Waals surface area contributed by atoms with E-state index < -0.39 is 5.41 Å². The maximum absolute atomic E-state index is 2.71. The molecule has 11 rings (SSSR count).